The molecule has 8 nitrogen and oxygen atoms in total. The number of carbonyl (C=O) groups is 2. The minimum Gasteiger partial charge on any atom is -0.465 e. The van der Waals surface area contributed by atoms with Crippen LogP contribution in [0.2, 0.25) is 5.02 Å². The van der Waals surface area contributed by atoms with Gasteiger partial charge >= 0.3 is 5.97 Å². The van der Waals surface area contributed by atoms with Gasteiger partial charge in [0.1, 0.15) is 16.4 Å². The Balaban J connectivity index is 1.86. The molecule has 2 atom stereocenters. The first-order valence-electron chi connectivity index (χ1n) is 9.82. The maximum Gasteiger partial charge on any atom is 0.340 e. The Labute approximate surface area is 188 Å². The molecule has 0 fully saturated rings. The van der Waals surface area contributed by atoms with Crippen molar-refractivity contribution in [2.24, 2.45) is 5.73 Å². The van der Waals surface area contributed by atoms with E-state index in [4.69, 9.17) is 26.8 Å². The molecule has 4 rings (SSSR count). The Hall–Kier alpha value is -3.65. The van der Waals surface area contributed by atoms with Crippen molar-refractivity contribution in [3.05, 3.63) is 97.6 Å². The lowest BCUT2D eigenvalue weighted by molar-refractivity contribution is -0.384. The molecule has 0 aromatic heterocycles. The second-order valence-corrected chi connectivity index (χ2v) is 7.96. The summed E-state index contributed by atoms with van der Waals surface area (Å²) in [7, 11) is 1.18. The van der Waals surface area contributed by atoms with E-state index in [-0.39, 0.29) is 45.9 Å². The standard InChI is InChI=1S/C23H19ClN2O6/c1-31-23(28)21-19(13-7-8-15(24)16(9-13)26(29)30)20-17(27)10-14(11-18(20)32-22(21)25)12-5-3-2-4-6-12/h2-9,14,19H,10-11,25H2,1H3/t14-,19-/m1/s1. The number of nitrogens with zero attached hydrogens (tertiary/aromatic N) is 1. The van der Waals surface area contributed by atoms with Crippen LogP contribution in [0.3, 0.4) is 0 Å². The van der Waals surface area contributed by atoms with Crippen LogP contribution >= 0.6 is 11.6 Å². The average Bonchev–Trinajstić information content (AvgIpc) is 2.78. The van der Waals surface area contributed by atoms with Crippen LogP contribution in [0.25, 0.3) is 0 Å². The number of Topliss-reactive ketones (excluding diaryl/α,β-unsaturated/α-hetero) is 1. The smallest absolute Gasteiger partial charge is 0.340 e. The fourth-order valence-electron chi connectivity index (χ4n) is 4.26. The zero-order valence-electron chi connectivity index (χ0n) is 17.0. The van der Waals surface area contributed by atoms with Crippen molar-refractivity contribution in [1.82, 2.24) is 0 Å². The van der Waals surface area contributed by atoms with Gasteiger partial charge in [0.25, 0.3) is 5.69 Å². The minimum absolute atomic E-state index is 0.0595. The zero-order chi connectivity index (χ0) is 23.0. The molecule has 1 aliphatic heterocycles. The number of methoxy groups -OCH3 is 1. The maximum absolute atomic E-state index is 13.3. The number of ketones is 1. The number of nitro benzene ring substituents is 1. The van der Waals surface area contributed by atoms with E-state index < -0.39 is 16.8 Å². The Morgan fingerprint density at radius 1 is 1.19 bits per heavy atom. The molecule has 1 heterocycles. The van der Waals surface area contributed by atoms with Gasteiger partial charge in [0.2, 0.25) is 5.88 Å². The van der Waals surface area contributed by atoms with Crippen molar-refractivity contribution >= 4 is 29.0 Å². The predicted molar refractivity (Wildman–Crippen MR) is 116 cm³/mol. The average molecular weight is 455 g/mol. The quantitative estimate of drug-likeness (QED) is 0.419. The third-order valence-electron chi connectivity index (χ3n) is 5.72. The van der Waals surface area contributed by atoms with Gasteiger partial charge < -0.3 is 15.2 Å². The van der Waals surface area contributed by atoms with Crippen LogP contribution in [0.1, 0.15) is 35.8 Å². The van der Waals surface area contributed by atoms with Gasteiger partial charge in [0.05, 0.1) is 18.0 Å². The van der Waals surface area contributed by atoms with E-state index in [0.717, 1.165) is 5.56 Å². The first-order chi connectivity index (χ1) is 15.3. The monoisotopic (exact) mass is 454 g/mol. The van der Waals surface area contributed by atoms with Crippen molar-refractivity contribution in [1.29, 1.82) is 0 Å². The second-order valence-electron chi connectivity index (χ2n) is 7.55. The van der Waals surface area contributed by atoms with E-state index in [1.54, 1.807) is 0 Å². The lowest BCUT2D eigenvalue weighted by Crippen LogP contribution is -2.33. The number of hydrogen-bond donors (Lipinski definition) is 1. The summed E-state index contributed by atoms with van der Waals surface area (Å²) in [6, 6.07) is 13.7. The largest absolute Gasteiger partial charge is 0.465 e. The number of benzene rings is 2. The van der Waals surface area contributed by atoms with Crippen LogP contribution in [0, 0.1) is 10.1 Å². The van der Waals surface area contributed by atoms with Crippen molar-refractivity contribution in [2.75, 3.05) is 7.11 Å². The van der Waals surface area contributed by atoms with Gasteiger partial charge in [-0.1, -0.05) is 48.0 Å². The number of carbonyl (C=O) groups excluding carboxylic acids is 2. The zero-order valence-corrected chi connectivity index (χ0v) is 17.8. The molecule has 0 amide bonds. The van der Waals surface area contributed by atoms with Crippen LogP contribution in [-0.2, 0) is 19.1 Å². The van der Waals surface area contributed by atoms with Crippen LogP contribution in [0.4, 0.5) is 5.69 Å². The predicted octanol–water partition coefficient (Wildman–Crippen LogP) is 4.11. The van der Waals surface area contributed by atoms with Crippen LogP contribution < -0.4 is 5.73 Å². The number of ether oxygens (including phenoxy) is 2. The summed E-state index contributed by atoms with van der Waals surface area (Å²) in [5.41, 5.74) is 7.24. The summed E-state index contributed by atoms with van der Waals surface area (Å²) in [5, 5.41) is 11.4. The Bertz CT molecular complexity index is 1190. The lowest BCUT2D eigenvalue weighted by Gasteiger charge is -2.35. The summed E-state index contributed by atoms with van der Waals surface area (Å²) in [4.78, 5) is 36.7. The molecule has 2 aromatic carbocycles. The van der Waals surface area contributed by atoms with Crippen molar-refractivity contribution in [3.8, 4) is 0 Å². The normalized spacial score (nSPS) is 20.5. The number of halogens is 1. The first kappa shape index (κ1) is 21.6. The molecule has 2 N–H and O–H groups in total. The van der Waals surface area contributed by atoms with E-state index in [0.29, 0.717) is 17.7 Å². The molecule has 0 saturated heterocycles. The first-order valence-corrected chi connectivity index (χ1v) is 10.2. The highest BCUT2D eigenvalue weighted by atomic mass is 35.5. The third kappa shape index (κ3) is 3.73. The number of rotatable bonds is 4. The molecular weight excluding hydrogens is 436 g/mol. The number of allylic oxidation sites excluding steroid dienone is 2. The summed E-state index contributed by atoms with van der Waals surface area (Å²) in [6.45, 7) is 0. The van der Waals surface area contributed by atoms with Crippen LogP contribution in [-0.4, -0.2) is 23.8 Å². The van der Waals surface area contributed by atoms with Crippen molar-refractivity contribution < 1.29 is 24.0 Å². The third-order valence-corrected chi connectivity index (χ3v) is 6.04. The minimum atomic E-state index is -0.966. The molecular formula is C23H19ClN2O6. The van der Waals surface area contributed by atoms with Gasteiger partial charge in [-0.25, -0.2) is 4.79 Å². The molecule has 0 radical (unpaired) electrons. The molecule has 9 heteroatoms. The Morgan fingerprint density at radius 2 is 1.91 bits per heavy atom. The number of nitrogens with two attached hydrogens (primary N) is 1. The van der Waals surface area contributed by atoms with E-state index in [2.05, 4.69) is 0 Å². The second kappa shape index (κ2) is 8.47. The summed E-state index contributed by atoms with van der Waals surface area (Å²) < 4.78 is 10.6. The van der Waals surface area contributed by atoms with Gasteiger partial charge in [-0.15, -0.1) is 0 Å². The summed E-state index contributed by atoms with van der Waals surface area (Å²) in [6.07, 6.45) is 0.596. The van der Waals surface area contributed by atoms with Crippen LogP contribution in [0.5, 0.6) is 0 Å². The highest BCUT2D eigenvalue weighted by molar-refractivity contribution is 6.32. The molecule has 2 aliphatic rings. The number of nitro groups is 1. The highest BCUT2D eigenvalue weighted by Gasteiger charge is 2.43. The summed E-state index contributed by atoms with van der Waals surface area (Å²) in [5.74, 6) is -1.93. The molecule has 164 valence electrons. The highest BCUT2D eigenvalue weighted by Crippen LogP contribution is 2.48. The van der Waals surface area contributed by atoms with E-state index >= 15 is 0 Å². The van der Waals surface area contributed by atoms with E-state index in [9.17, 15) is 19.7 Å². The SMILES string of the molecule is COC(=O)C1=C(N)OC2=C(C(=O)C[C@@H](c3ccccc3)C2)[C@H]1c1ccc(Cl)c([N+](=O)[O-])c1. The number of esters is 1. The molecule has 0 spiro atoms. The molecule has 0 saturated carbocycles. The van der Waals surface area contributed by atoms with Gasteiger partial charge in [-0.2, -0.15) is 0 Å². The van der Waals surface area contributed by atoms with Crippen molar-refractivity contribution in [2.45, 2.75) is 24.7 Å². The Kier molecular flexibility index (Phi) is 5.71. The topological polar surface area (TPSA) is 122 Å². The van der Waals surface area contributed by atoms with Crippen LogP contribution in [0.15, 0.2) is 71.3 Å². The summed E-state index contributed by atoms with van der Waals surface area (Å²) >= 11 is 5.96. The number of hydrogen-bond acceptors (Lipinski definition) is 7. The molecule has 0 bridgehead atoms. The van der Waals surface area contributed by atoms with Gasteiger partial charge in [-0.05, 0) is 23.1 Å². The molecule has 0 unspecified atom stereocenters. The fourth-order valence-corrected chi connectivity index (χ4v) is 4.45. The van der Waals surface area contributed by atoms with Gasteiger partial charge in [0.15, 0.2) is 5.78 Å². The van der Waals surface area contributed by atoms with E-state index in [1.165, 1.54) is 25.3 Å². The van der Waals surface area contributed by atoms with Crippen molar-refractivity contribution in [3.63, 3.8) is 0 Å². The molecule has 1 aliphatic carbocycles. The van der Waals surface area contributed by atoms with Gasteiger partial charge in [-0.3, -0.25) is 14.9 Å². The lowest BCUT2D eigenvalue weighted by atomic mass is 9.73. The molecule has 2 aromatic rings. The molecule has 32 heavy (non-hydrogen) atoms. The van der Waals surface area contributed by atoms with E-state index in [1.807, 2.05) is 30.3 Å². The Morgan fingerprint density at radius 3 is 2.56 bits per heavy atom. The van der Waals surface area contributed by atoms with Gasteiger partial charge in [0, 0.05) is 24.5 Å². The maximum atomic E-state index is 13.3. The fraction of sp³-hybridized carbons (Fsp3) is 0.217.